The zero-order chi connectivity index (χ0) is 13.2. The van der Waals surface area contributed by atoms with Crippen LogP contribution in [0.15, 0.2) is 18.2 Å². The van der Waals surface area contributed by atoms with Gasteiger partial charge in [0.2, 0.25) is 5.91 Å². The zero-order valence-electron chi connectivity index (χ0n) is 10.8. The molecule has 1 amide bonds. The molecule has 1 unspecified atom stereocenters. The summed E-state index contributed by atoms with van der Waals surface area (Å²) in [7, 11) is 0. The molecule has 4 heteroatoms. The number of amides is 1. The second kappa shape index (κ2) is 5.13. The Balaban J connectivity index is 1.63. The van der Waals surface area contributed by atoms with Crippen LogP contribution in [0.4, 0.5) is 5.69 Å². The second-order valence-corrected chi connectivity index (χ2v) is 5.19. The van der Waals surface area contributed by atoms with Gasteiger partial charge >= 0.3 is 0 Å². The highest BCUT2D eigenvalue weighted by atomic mass is 16.5. The molecule has 2 aliphatic heterocycles. The summed E-state index contributed by atoms with van der Waals surface area (Å²) in [5.41, 5.74) is 2.46. The van der Waals surface area contributed by atoms with E-state index in [1.807, 2.05) is 12.1 Å². The standard InChI is InChI=1S/C15H17NO3/c17-14(6-4-12-2-1-7-19-12)10-3-5-13-11(8-10)9-15(18)16-13/h3,5,8,12H,1-2,4,6-7,9H2,(H,16,18). The number of rotatable bonds is 4. The van der Waals surface area contributed by atoms with Gasteiger partial charge in [0, 0.05) is 24.3 Å². The first-order chi connectivity index (χ1) is 9.22. The Morgan fingerprint density at radius 3 is 3.11 bits per heavy atom. The summed E-state index contributed by atoms with van der Waals surface area (Å²) in [5, 5.41) is 2.77. The topological polar surface area (TPSA) is 55.4 Å². The van der Waals surface area contributed by atoms with Gasteiger partial charge in [-0.3, -0.25) is 9.59 Å². The lowest BCUT2D eigenvalue weighted by atomic mass is 10.0. The summed E-state index contributed by atoms with van der Waals surface area (Å²) >= 11 is 0. The van der Waals surface area contributed by atoms with Gasteiger partial charge in [-0.05, 0) is 43.0 Å². The molecule has 3 rings (SSSR count). The quantitative estimate of drug-likeness (QED) is 0.844. The van der Waals surface area contributed by atoms with Gasteiger partial charge in [0.1, 0.15) is 0 Å². The fraction of sp³-hybridized carbons (Fsp3) is 0.467. The number of anilines is 1. The maximum Gasteiger partial charge on any atom is 0.228 e. The molecule has 0 aliphatic carbocycles. The van der Waals surface area contributed by atoms with Crippen LogP contribution in [-0.2, 0) is 16.0 Å². The number of benzene rings is 1. The molecule has 100 valence electrons. The van der Waals surface area contributed by atoms with E-state index in [4.69, 9.17) is 4.74 Å². The van der Waals surface area contributed by atoms with Crippen LogP contribution in [0.2, 0.25) is 0 Å². The first-order valence-corrected chi connectivity index (χ1v) is 6.80. The third-order valence-electron chi connectivity index (χ3n) is 3.77. The van der Waals surface area contributed by atoms with Crippen molar-refractivity contribution in [2.75, 3.05) is 11.9 Å². The molecule has 1 fully saturated rings. The first-order valence-electron chi connectivity index (χ1n) is 6.80. The van der Waals surface area contributed by atoms with Crippen molar-refractivity contribution in [3.63, 3.8) is 0 Å². The summed E-state index contributed by atoms with van der Waals surface area (Å²) in [4.78, 5) is 23.4. The highest BCUT2D eigenvalue weighted by molar-refractivity contribution is 6.02. The summed E-state index contributed by atoms with van der Waals surface area (Å²) in [6, 6.07) is 5.45. The Hall–Kier alpha value is -1.68. The molecule has 1 aromatic rings. The third kappa shape index (κ3) is 2.68. The maximum absolute atomic E-state index is 12.1. The van der Waals surface area contributed by atoms with Crippen LogP contribution < -0.4 is 5.32 Å². The van der Waals surface area contributed by atoms with Gasteiger partial charge in [0.15, 0.2) is 5.78 Å². The Kier molecular flexibility index (Phi) is 3.34. The number of ketones is 1. The fourth-order valence-corrected chi connectivity index (χ4v) is 2.71. The minimum Gasteiger partial charge on any atom is -0.378 e. The van der Waals surface area contributed by atoms with E-state index in [1.54, 1.807) is 6.07 Å². The van der Waals surface area contributed by atoms with Crippen molar-refractivity contribution in [2.24, 2.45) is 0 Å². The number of hydrogen-bond donors (Lipinski definition) is 1. The van der Waals surface area contributed by atoms with Gasteiger partial charge in [-0.2, -0.15) is 0 Å². The molecule has 0 radical (unpaired) electrons. The van der Waals surface area contributed by atoms with Gasteiger partial charge in [-0.1, -0.05) is 0 Å². The lowest BCUT2D eigenvalue weighted by Gasteiger charge is -2.08. The number of Topliss-reactive ketones (excluding diaryl/α,β-unsaturated/α-hetero) is 1. The molecular formula is C15H17NO3. The molecule has 1 N–H and O–H groups in total. The smallest absolute Gasteiger partial charge is 0.228 e. The second-order valence-electron chi connectivity index (χ2n) is 5.19. The lowest BCUT2D eigenvalue weighted by Crippen LogP contribution is -2.09. The number of carbonyl (C=O) groups is 2. The van der Waals surface area contributed by atoms with Gasteiger partial charge in [0.25, 0.3) is 0 Å². The van der Waals surface area contributed by atoms with Crippen LogP contribution in [-0.4, -0.2) is 24.4 Å². The Bertz CT molecular complexity index is 518. The van der Waals surface area contributed by atoms with Gasteiger partial charge in [-0.15, -0.1) is 0 Å². The van der Waals surface area contributed by atoms with Crippen molar-refractivity contribution >= 4 is 17.4 Å². The number of fused-ring (bicyclic) bond motifs is 1. The molecule has 2 heterocycles. The molecule has 0 spiro atoms. The van der Waals surface area contributed by atoms with Crippen molar-refractivity contribution in [2.45, 2.75) is 38.2 Å². The summed E-state index contributed by atoms with van der Waals surface area (Å²) in [5.74, 6) is 0.136. The molecule has 0 aromatic heterocycles. The summed E-state index contributed by atoms with van der Waals surface area (Å²) in [6.45, 7) is 0.825. The van der Waals surface area contributed by atoms with Crippen molar-refractivity contribution in [1.29, 1.82) is 0 Å². The average Bonchev–Trinajstić information content (AvgIpc) is 3.02. The van der Waals surface area contributed by atoms with Crippen LogP contribution in [0.1, 0.15) is 41.6 Å². The predicted molar refractivity (Wildman–Crippen MR) is 71.3 cm³/mol. The normalized spacial score (nSPS) is 21.3. The largest absolute Gasteiger partial charge is 0.378 e. The van der Waals surface area contributed by atoms with Crippen molar-refractivity contribution in [3.8, 4) is 0 Å². The molecule has 2 aliphatic rings. The van der Waals surface area contributed by atoms with Crippen molar-refractivity contribution in [3.05, 3.63) is 29.3 Å². The number of carbonyl (C=O) groups excluding carboxylic acids is 2. The molecule has 19 heavy (non-hydrogen) atoms. The van der Waals surface area contributed by atoms with E-state index in [0.29, 0.717) is 18.4 Å². The molecule has 0 saturated carbocycles. The minimum absolute atomic E-state index is 0.000968. The van der Waals surface area contributed by atoms with E-state index in [-0.39, 0.29) is 17.8 Å². The third-order valence-corrected chi connectivity index (χ3v) is 3.77. The fourth-order valence-electron chi connectivity index (χ4n) is 2.71. The monoisotopic (exact) mass is 259 g/mol. The van der Waals surface area contributed by atoms with E-state index in [2.05, 4.69) is 5.32 Å². The van der Waals surface area contributed by atoms with Crippen molar-refractivity contribution < 1.29 is 14.3 Å². The van der Waals surface area contributed by atoms with Crippen LogP contribution in [0.5, 0.6) is 0 Å². The highest BCUT2D eigenvalue weighted by Crippen LogP contribution is 2.25. The zero-order valence-corrected chi connectivity index (χ0v) is 10.8. The van der Waals surface area contributed by atoms with Gasteiger partial charge in [0.05, 0.1) is 12.5 Å². The van der Waals surface area contributed by atoms with Crippen LogP contribution in [0.3, 0.4) is 0 Å². The minimum atomic E-state index is -0.000968. The van der Waals surface area contributed by atoms with E-state index < -0.39 is 0 Å². The van der Waals surface area contributed by atoms with E-state index in [0.717, 1.165) is 37.1 Å². The van der Waals surface area contributed by atoms with Crippen LogP contribution in [0, 0.1) is 0 Å². The molecule has 1 atom stereocenters. The van der Waals surface area contributed by atoms with Crippen LogP contribution in [0.25, 0.3) is 0 Å². The van der Waals surface area contributed by atoms with E-state index in [1.165, 1.54) is 0 Å². The lowest BCUT2D eigenvalue weighted by molar-refractivity contribution is -0.115. The maximum atomic E-state index is 12.1. The Morgan fingerprint density at radius 1 is 1.42 bits per heavy atom. The molecular weight excluding hydrogens is 242 g/mol. The summed E-state index contributed by atoms with van der Waals surface area (Å²) < 4.78 is 5.52. The molecule has 1 aromatic carbocycles. The van der Waals surface area contributed by atoms with Gasteiger partial charge in [-0.25, -0.2) is 0 Å². The highest BCUT2D eigenvalue weighted by Gasteiger charge is 2.20. The number of hydrogen-bond acceptors (Lipinski definition) is 3. The molecule has 1 saturated heterocycles. The predicted octanol–water partition coefficient (Wildman–Crippen LogP) is 2.32. The molecule has 4 nitrogen and oxygen atoms in total. The number of nitrogens with one attached hydrogen (secondary N) is 1. The van der Waals surface area contributed by atoms with E-state index >= 15 is 0 Å². The Labute approximate surface area is 112 Å². The SMILES string of the molecule is O=C1Cc2cc(C(=O)CCC3CCCO3)ccc2N1. The first kappa shape index (κ1) is 12.4. The average molecular weight is 259 g/mol. The number of ether oxygens (including phenoxy) is 1. The summed E-state index contributed by atoms with van der Waals surface area (Å²) in [6.07, 6.45) is 4.11. The van der Waals surface area contributed by atoms with Crippen LogP contribution >= 0.6 is 0 Å². The molecule has 0 bridgehead atoms. The Morgan fingerprint density at radius 2 is 2.32 bits per heavy atom. The van der Waals surface area contributed by atoms with Gasteiger partial charge < -0.3 is 10.1 Å². The van der Waals surface area contributed by atoms with Crippen molar-refractivity contribution in [1.82, 2.24) is 0 Å². The van der Waals surface area contributed by atoms with E-state index in [9.17, 15) is 9.59 Å².